The molecule has 2 unspecified atom stereocenters. The van der Waals surface area contributed by atoms with E-state index >= 15 is 0 Å². The van der Waals surface area contributed by atoms with Gasteiger partial charge in [-0.3, -0.25) is 0 Å². The molecule has 0 saturated heterocycles. The summed E-state index contributed by atoms with van der Waals surface area (Å²) in [5.41, 5.74) is 2.36. The molecule has 2 heteroatoms. The fourth-order valence-electron chi connectivity index (χ4n) is 2.35. The van der Waals surface area contributed by atoms with Crippen molar-refractivity contribution < 1.29 is 9.84 Å². The van der Waals surface area contributed by atoms with E-state index in [9.17, 15) is 5.11 Å². The molecule has 1 aliphatic carbocycles. The summed E-state index contributed by atoms with van der Waals surface area (Å²) in [4.78, 5) is 0. The highest BCUT2D eigenvalue weighted by molar-refractivity contribution is 5.39. The Morgan fingerprint density at radius 1 is 1.44 bits per heavy atom. The maximum absolute atomic E-state index is 10.4. The van der Waals surface area contributed by atoms with Crippen LogP contribution in [-0.2, 0) is 0 Å². The summed E-state index contributed by atoms with van der Waals surface area (Å²) < 4.78 is 5.31. The van der Waals surface area contributed by atoms with Crippen molar-refractivity contribution in [2.75, 3.05) is 7.11 Å². The van der Waals surface area contributed by atoms with Crippen LogP contribution in [0.2, 0.25) is 0 Å². The van der Waals surface area contributed by atoms with Crippen LogP contribution in [0.5, 0.6) is 5.75 Å². The van der Waals surface area contributed by atoms with Gasteiger partial charge in [-0.05, 0) is 36.8 Å². The lowest BCUT2D eigenvalue weighted by Crippen LogP contribution is -2.06. The van der Waals surface area contributed by atoms with E-state index in [-0.39, 0.29) is 5.41 Å². The van der Waals surface area contributed by atoms with Gasteiger partial charge in [0.15, 0.2) is 0 Å². The van der Waals surface area contributed by atoms with E-state index in [0.717, 1.165) is 23.3 Å². The third-order valence-corrected chi connectivity index (χ3v) is 3.67. The number of methoxy groups -OCH3 is 1. The van der Waals surface area contributed by atoms with Gasteiger partial charge in [0.1, 0.15) is 5.75 Å². The maximum Gasteiger partial charge on any atom is 0.124 e. The van der Waals surface area contributed by atoms with Crippen LogP contribution in [0.15, 0.2) is 18.2 Å². The SMILES string of the molecule is COc1ccc(C)cc1C(O)C1CC1(C)C. The van der Waals surface area contributed by atoms with Crippen LogP contribution in [0, 0.1) is 18.3 Å². The molecule has 1 N–H and O–H groups in total. The van der Waals surface area contributed by atoms with E-state index in [1.54, 1.807) is 7.11 Å². The number of benzene rings is 1. The zero-order chi connectivity index (χ0) is 11.9. The van der Waals surface area contributed by atoms with Crippen molar-refractivity contribution >= 4 is 0 Å². The largest absolute Gasteiger partial charge is 0.496 e. The molecule has 1 saturated carbocycles. The van der Waals surface area contributed by atoms with Gasteiger partial charge in [0.25, 0.3) is 0 Å². The highest BCUT2D eigenvalue weighted by Crippen LogP contribution is 2.58. The maximum atomic E-state index is 10.4. The van der Waals surface area contributed by atoms with Crippen LogP contribution in [0.3, 0.4) is 0 Å². The summed E-state index contributed by atoms with van der Waals surface area (Å²) in [6.07, 6.45) is 0.690. The summed E-state index contributed by atoms with van der Waals surface area (Å²) in [5.74, 6) is 1.16. The second-order valence-corrected chi connectivity index (χ2v) is 5.49. The van der Waals surface area contributed by atoms with Crippen LogP contribution < -0.4 is 4.74 Å². The summed E-state index contributed by atoms with van der Waals surface area (Å²) in [5, 5.41) is 10.4. The van der Waals surface area contributed by atoms with E-state index < -0.39 is 6.10 Å². The first-order valence-electron chi connectivity index (χ1n) is 5.78. The Labute approximate surface area is 97.3 Å². The normalized spacial score (nSPS) is 23.9. The number of aliphatic hydroxyl groups is 1. The van der Waals surface area contributed by atoms with Crippen LogP contribution >= 0.6 is 0 Å². The Morgan fingerprint density at radius 3 is 2.56 bits per heavy atom. The molecule has 0 amide bonds. The van der Waals surface area contributed by atoms with Crippen molar-refractivity contribution in [3.05, 3.63) is 29.3 Å². The molecule has 88 valence electrons. The van der Waals surface area contributed by atoms with Gasteiger partial charge in [-0.15, -0.1) is 0 Å². The highest BCUT2D eigenvalue weighted by atomic mass is 16.5. The van der Waals surface area contributed by atoms with Gasteiger partial charge in [0, 0.05) is 5.56 Å². The molecule has 1 aromatic rings. The molecule has 0 aliphatic heterocycles. The van der Waals surface area contributed by atoms with Crippen LogP contribution in [0.1, 0.15) is 37.5 Å². The Hall–Kier alpha value is -1.02. The zero-order valence-corrected chi connectivity index (χ0v) is 10.4. The molecule has 0 spiro atoms. The molecule has 1 aliphatic rings. The Bertz CT molecular complexity index is 396. The monoisotopic (exact) mass is 220 g/mol. The second kappa shape index (κ2) is 3.77. The van der Waals surface area contributed by atoms with Gasteiger partial charge in [0.05, 0.1) is 13.2 Å². The standard InChI is InChI=1S/C14H20O2/c1-9-5-6-12(16-4)10(7-9)13(15)11-8-14(11,2)3/h5-7,11,13,15H,8H2,1-4H3. The minimum absolute atomic E-state index is 0.272. The predicted molar refractivity (Wildman–Crippen MR) is 64.6 cm³/mol. The lowest BCUT2D eigenvalue weighted by Gasteiger charge is -2.16. The summed E-state index contributed by atoms with van der Waals surface area (Å²) in [7, 11) is 1.65. The van der Waals surface area contributed by atoms with Gasteiger partial charge >= 0.3 is 0 Å². The van der Waals surface area contributed by atoms with Gasteiger partial charge in [-0.1, -0.05) is 25.5 Å². The van der Waals surface area contributed by atoms with Crippen molar-refractivity contribution in [1.29, 1.82) is 0 Å². The molecular weight excluding hydrogens is 200 g/mol. The minimum Gasteiger partial charge on any atom is -0.496 e. The Morgan fingerprint density at radius 2 is 2.06 bits per heavy atom. The van der Waals surface area contributed by atoms with Crippen LogP contribution in [0.4, 0.5) is 0 Å². The second-order valence-electron chi connectivity index (χ2n) is 5.49. The summed E-state index contributed by atoms with van der Waals surface area (Å²) in [6, 6.07) is 5.97. The van der Waals surface area contributed by atoms with Crippen molar-refractivity contribution in [2.45, 2.75) is 33.3 Å². The lowest BCUT2D eigenvalue weighted by atomic mass is 9.97. The molecule has 16 heavy (non-hydrogen) atoms. The van der Waals surface area contributed by atoms with E-state index in [4.69, 9.17) is 4.74 Å². The number of hydrogen-bond donors (Lipinski definition) is 1. The van der Waals surface area contributed by atoms with Crippen molar-refractivity contribution in [2.24, 2.45) is 11.3 Å². The average molecular weight is 220 g/mol. The van der Waals surface area contributed by atoms with Crippen molar-refractivity contribution in [1.82, 2.24) is 0 Å². The Balaban J connectivity index is 2.29. The Kier molecular flexibility index (Phi) is 2.70. The minimum atomic E-state index is -0.398. The van der Waals surface area contributed by atoms with Crippen molar-refractivity contribution in [3.8, 4) is 5.75 Å². The molecule has 1 fully saturated rings. The van der Waals surface area contributed by atoms with Crippen LogP contribution in [-0.4, -0.2) is 12.2 Å². The first kappa shape index (κ1) is 11.5. The third-order valence-electron chi connectivity index (χ3n) is 3.67. The lowest BCUT2D eigenvalue weighted by molar-refractivity contribution is 0.135. The quantitative estimate of drug-likeness (QED) is 0.848. The summed E-state index contributed by atoms with van der Waals surface area (Å²) >= 11 is 0. The smallest absolute Gasteiger partial charge is 0.124 e. The number of aryl methyl sites for hydroxylation is 1. The van der Waals surface area contributed by atoms with Gasteiger partial charge < -0.3 is 9.84 Å². The fourth-order valence-corrected chi connectivity index (χ4v) is 2.35. The molecule has 0 aromatic heterocycles. The molecule has 2 nitrogen and oxygen atoms in total. The molecule has 2 atom stereocenters. The molecule has 0 bridgehead atoms. The molecule has 2 rings (SSSR count). The van der Waals surface area contributed by atoms with Crippen LogP contribution in [0.25, 0.3) is 0 Å². The van der Waals surface area contributed by atoms with E-state index in [1.165, 1.54) is 0 Å². The number of aliphatic hydroxyl groups excluding tert-OH is 1. The fraction of sp³-hybridized carbons (Fsp3) is 0.571. The van der Waals surface area contributed by atoms with E-state index in [1.807, 2.05) is 25.1 Å². The predicted octanol–water partition coefficient (Wildman–Crippen LogP) is 3.08. The van der Waals surface area contributed by atoms with Gasteiger partial charge in [-0.2, -0.15) is 0 Å². The molecular formula is C14H20O2. The van der Waals surface area contributed by atoms with E-state index in [2.05, 4.69) is 13.8 Å². The number of rotatable bonds is 3. The van der Waals surface area contributed by atoms with Crippen molar-refractivity contribution in [3.63, 3.8) is 0 Å². The molecule has 0 radical (unpaired) electrons. The topological polar surface area (TPSA) is 29.5 Å². The van der Waals surface area contributed by atoms with Gasteiger partial charge in [-0.25, -0.2) is 0 Å². The summed E-state index contributed by atoms with van der Waals surface area (Å²) in [6.45, 7) is 6.43. The number of ether oxygens (including phenoxy) is 1. The average Bonchev–Trinajstić information content (AvgIpc) is 2.86. The highest BCUT2D eigenvalue weighted by Gasteiger charge is 2.50. The zero-order valence-electron chi connectivity index (χ0n) is 10.4. The first-order chi connectivity index (χ1) is 7.45. The first-order valence-corrected chi connectivity index (χ1v) is 5.78. The van der Waals surface area contributed by atoms with E-state index in [0.29, 0.717) is 5.92 Å². The van der Waals surface area contributed by atoms with Gasteiger partial charge in [0.2, 0.25) is 0 Å². The third kappa shape index (κ3) is 1.94. The number of hydrogen-bond acceptors (Lipinski definition) is 2. The molecule has 0 heterocycles. The molecule has 1 aromatic carbocycles.